The van der Waals surface area contributed by atoms with E-state index in [2.05, 4.69) is 25.7 Å². The van der Waals surface area contributed by atoms with E-state index in [-0.39, 0.29) is 0 Å². The van der Waals surface area contributed by atoms with Crippen LogP contribution < -0.4 is 0 Å². The van der Waals surface area contributed by atoms with Crippen LogP contribution in [0.3, 0.4) is 0 Å². The third-order valence-corrected chi connectivity index (χ3v) is 3.89. The third-order valence-electron chi connectivity index (χ3n) is 3.89. The second-order valence-electron chi connectivity index (χ2n) is 5.17. The van der Waals surface area contributed by atoms with Crippen molar-refractivity contribution >= 4 is 0 Å². The number of hydrogen-bond acceptors (Lipinski definition) is 1. The minimum atomic E-state index is 0.750. The molecule has 0 N–H and O–H groups in total. The lowest BCUT2D eigenvalue weighted by Crippen LogP contribution is -2.37. The quantitative estimate of drug-likeness (QED) is 0.579. The van der Waals surface area contributed by atoms with Gasteiger partial charge in [0, 0.05) is 18.6 Å². The molecule has 0 aromatic rings. The van der Waals surface area contributed by atoms with Crippen molar-refractivity contribution in [2.75, 3.05) is 6.54 Å². The summed E-state index contributed by atoms with van der Waals surface area (Å²) < 4.78 is 0. The summed E-state index contributed by atoms with van der Waals surface area (Å²) in [5.41, 5.74) is 0.768. The molecule has 0 aromatic carbocycles. The van der Waals surface area contributed by atoms with Gasteiger partial charge in [-0.2, -0.15) is 0 Å². The normalized spacial score (nSPS) is 24.0. The average Bonchev–Trinajstić information content (AvgIpc) is 2.75. The second kappa shape index (κ2) is 10.8. The summed E-state index contributed by atoms with van der Waals surface area (Å²) in [6.07, 6.45) is 5.95. The Labute approximate surface area is 117 Å². The molecule has 1 aliphatic heterocycles. The van der Waals surface area contributed by atoms with E-state index in [1.807, 2.05) is 41.5 Å². The van der Waals surface area contributed by atoms with Gasteiger partial charge in [-0.3, -0.25) is 4.90 Å². The first kappa shape index (κ1) is 20.3. The molecule has 112 valence electrons. The monoisotopic (exact) mass is 257 g/mol. The number of rotatable bonds is 1. The van der Waals surface area contributed by atoms with Crippen molar-refractivity contribution in [3.05, 3.63) is 0 Å². The van der Waals surface area contributed by atoms with Gasteiger partial charge in [-0.05, 0) is 45.4 Å². The van der Waals surface area contributed by atoms with Gasteiger partial charge in [0.1, 0.15) is 0 Å². The van der Waals surface area contributed by atoms with Crippen molar-refractivity contribution in [2.45, 2.75) is 100 Å². The summed E-state index contributed by atoms with van der Waals surface area (Å²) in [5.74, 6) is 0. The van der Waals surface area contributed by atoms with Gasteiger partial charge in [0.2, 0.25) is 0 Å². The molecule has 1 aliphatic carbocycles. The zero-order chi connectivity index (χ0) is 14.8. The van der Waals surface area contributed by atoms with Gasteiger partial charge in [-0.25, -0.2) is 0 Å². The number of likely N-dealkylation sites (tertiary alicyclic amines) is 1. The minimum absolute atomic E-state index is 0.750. The lowest BCUT2D eigenvalue weighted by Gasteiger charge is -2.38. The molecule has 0 radical (unpaired) electrons. The van der Waals surface area contributed by atoms with Crippen LogP contribution in [0.25, 0.3) is 0 Å². The maximum atomic E-state index is 2.68. The Bertz CT molecular complexity index is 170. The second-order valence-corrected chi connectivity index (χ2v) is 5.17. The lowest BCUT2D eigenvalue weighted by molar-refractivity contribution is 0.128. The Hall–Kier alpha value is -0.0400. The van der Waals surface area contributed by atoms with E-state index in [1.54, 1.807) is 0 Å². The molecule has 2 rings (SSSR count). The minimum Gasteiger partial charge on any atom is -0.298 e. The Morgan fingerprint density at radius 2 is 1.39 bits per heavy atom. The summed E-state index contributed by atoms with van der Waals surface area (Å²) in [5, 5.41) is 0. The summed E-state index contributed by atoms with van der Waals surface area (Å²) in [6, 6.07) is 1.59. The van der Waals surface area contributed by atoms with E-state index in [0.29, 0.717) is 0 Å². The van der Waals surface area contributed by atoms with Crippen LogP contribution >= 0.6 is 0 Å². The largest absolute Gasteiger partial charge is 0.298 e. The standard InChI is InChI=1S/C11H21N.3C2H6/c1-9(2)12-8-11(5-4-6-11)7-10(12)3;3*1-2/h9-10H,4-8H2,1-3H3;3*1-2H3/t10-;;;/m1.../s1. The van der Waals surface area contributed by atoms with Crippen molar-refractivity contribution in [3.63, 3.8) is 0 Å². The fourth-order valence-corrected chi connectivity index (χ4v) is 3.08. The molecular formula is C17H39N. The summed E-state index contributed by atoms with van der Waals surface area (Å²) >= 11 is 0. The van der Waals surface area contributed by atoms with E-state index in [1.165, 1.54) is 32.2 Å². The highest BCUT2D eigenvalue weighted by molar-refractivity contribution is 4.99. The lowest BCUT2D eigenvalue weighted by atomic mass is 9.68. The molecule has 1 saturated carbocycles. The fraction of sp³-hybridized carbons (Fsp3) is 1.00. The Balaban J connectivity index is 0. The first-order chi connectivity index (χ1) is 8.63. The highest BCUT2D eigenvalue weighted by Crippen LogP contribution is 2.50. The predicted molar refractivity (Wildman–Crippen MR) is 86.2 cm³/mol. The molecule has 2 fully saturated rings. The van der Waals surface area contributed by atoms with Crippen LogP contribution in [0.4, 0.5) is 0 Å². The molecule has 0 aromatic heterocycles. The van der Waals surface area contributed by atoms with Crippen molar-refractivity contribution in [1.29, 1.82) is 0 Å². The molecule has 0 unspecified atom stereocenters. The molecule has 1 saturated heterocycles. The maximum absolute atomic E-state index is 2.68. The van der Waals surface area contributed by atoms with Crippen LogP contribution in [0, 0.1) is 5.41 Å². The van der Waals surface area contributed by atoms with E-state index < -0.39 is 0 Å². The molecular weight excluding hydrogens is 218 g/mol. The molecule has 1 spiro atoms. The van der Waals surface area contributed by atoms with Gasteiger partial charge in [0.05, 0.1) is 0 Å². The summed E-state index contributed by atoms with van der Waals surface area (Å²) in [6.45, 7) is 20.4. The van der Waals surface area contributed by atoms with E-state index >= 15 is 0 Å². The van der Waals surface area contributed by atoms with Gasteiger partial charge in [0.25, 0.3) is 0 Å². The van der Waals surface area contributed by atoms with Gasteiger partial charge >= 0.3 is 0 Å². The van der Waals surface area contributed by atoms with Crippen LogP contribution in [-0.2, 0) is 0 Å². The predicted octanol–water partition coefficient (Wildman–Crippen LogP) is 5.74. The first-order valence-corrected chi connectivity index (χ1v) is 8.39. The van der Waals surface area contributed by atoms with Crippen LogP contribution in [0.2, 0.25) is 0 Å². The number of hydrogen-bond donors (Lipinski definition) is 0. The fourth-order valence-electron chi connectivity index (χ4n) is 3.08. The highest BCUT2D eigenvalue weighted by atomic mass is 15.2. The van der Waals surface area contributed by atoms with Gasteiger partial charge in [-0.1, -0.05) is 48.0 Å². The van der Waals surface area contributed by atoms with Crippen LogP contribution in [0.1, 0.15) is 88.0 Å². The zero-order valence-electron chi connectivity index (χ0n) is 14.6. The first-order valence-electron chi connectivity index (χ1n) is 8.39. The molecule has 1 nitrogen and oxygen atoms in total. The molecule has 18 heavy (non-hydrogen) atoms. The van der Waals surface area contributed by atoms with Crippen molar-refractivity contribution in [1.82, 2.24) is 4.90 Å². The molecule has 1 atom stereocenters. The van der Waals surface area contributed by atoms with Crippen molar-refractivity contribution < 1.29 is 0 Å². The van der Waals surface area contributed by atoms with Gasteiger partial charge in [0.15, 0.2) is 0 Å². The molecule has 0 bridgehead atoms. The molecule has 1 heteroatoms. The number of nitrogens with zero attached hydrogens (tertiary/aromatic N) is 1. The van der Waals surface area contributed by atoms with Crippen molar-refractivity contribution in [3.8, 4) is 0 Å². The van der Waals surface area contributed by atoms with Gasteiger partial charge < -0.3 is 0 Å². The van der Waals surface area contributed by atoms with Crippen LogP contribution in [0.5, 0.6) is 0 Å². The van der Waals surface area contributed by atoms with E-state index in [9.17, 15) is 0 Å². The Morgan fingerprint density at radius 1 is 0.944 bits per heavy atom. The molecule has 1 heterocycles. The Morgan fingerprint density at radius 3 is 1.56 bits per heavy atom. The third kappa shape index (κ3) is 5.30. The van der Waals surface area contributed by atoms with E-state index in [0.717, 1.165) is 17.5 Å². The Kier molecular flexibility index (Phi) is 12.2. The molecule has 0 amide bonds. The smallest absolute Gasteiger partial charge is 0.00756 e. The molecule has 2 aliphatic rings. The van der Waals surface area contributed by atoms with Crippen LogP contribution in [0.15, 0.2) is 0 Å². The SMILES string of the molecule is CC.CC.CC.CC(C)N1CC2(CCC2)C[C@H]1C. The zero-order valence-corrected chi connectivity index (χ0v) is 14.6. The van der Waals surface area contributed by atoms with Gasteiger partial charge in [-0.15, -0.1) is 0 Å². The summed E-state index contributed by atoms with van der Waals surface area (Å²) in [7, 11) is 0. The van der Waals surface area contributed by atoms with Crippen LogP contribution in [-0.4, -0.2) is 23.5 Å². The van der Waals surface area contributed by atoms with E-state index in [4.69, 9.17) is 0 Å². The average molecular weight is 258 g/mol. The maximum Gasteiger partial charge on any atom is 0.00756 e. The highest BCUT2D eigenvalue weighted by Gasteiger charge is 2.46. The van der Waals surface area contributed by atoms with Crippen molar-refractivity contribution in [2.24, 2.45) is 5.41 Å². The summed E-state index contributed by atoms with van der Waals surface area (Å²) in [4.78, 5) is 2.68. The topological polar surface area (TPSA) is 3.24 Å².